The number of piperidine rings is 1. The number of benzene rings is 1. The van der Waals surface area contributed by atoms with E-state index in [2.05, 4.69) is 21.2 Å². The normalized spacial score (nSPS) is 18.6. The SMILES string of the molecule is CC(C)(C)OC(=O)N1CCC[C@@H](NCc2c(F)ccc(F)c2Br)C1. The highest BCUT2D eigenvalue weighted by Crippen LogP contribution is 2.24. The Morgan fingerprint density at radius 1 is 1.38 bits per heavy atom. The number of hydrogen-bond donors (Lipinski definition) is 1. The molecule has 134 valence electrons. The maximum atomic E-state index is 13.9. The minimum atomic E-state index is -0.535. The molecule has 7 heteroatoms. The lowest BCUT2D eigenvalue weighted by molar-refractivity contribution is 0.0187. The van der Waals surface area contributed by atoms with Crippen LogP contribution in [0, 0.1) is 11.6 Å². The predicted molar refractivity (Wildman–Crippen MR) is 91.7 cm³/mol. The third-order valence-corrected chi connectivity index (χ3v) is 4.64. The average Bonchev–Trinajstić information content (AvgIpc) is 2.50. The van der Waals surface area contributed by atoms with E-state index in [0.29, 0.717) is 13.1 Å². The lowest BCUT2D eigenvalue weighted by Gasteiger charge is -2.34. The summed E-state index contributed by atoms with van der Waals surface area (Å²) in [5.74, 6) is -0.956. The zero-order valence-corrected chi connectivity index (χ0v) is 15.8. The van der Waals surface area contributed by atoms with E-state index in [1.165, 1.54) is 0 Å². The molecule has 0 spiro atoms. The molecule has 1 aliphatic heterocycles. The van der Waals surface area contributed by atoms with Crippen molar-refractivity contribution in [2.45, 2.75) is 51.8 Å². The van der Waals surface area contributed by atoms with Gasteiger partial charge in [0.15, 0.2) is 0 Å². The maximum Gasteiger partial charge on any atom is 0.410 e. The second kappa shape index (κ2) is 7.78. The molecular formula is C17H23BrF2N2O2. The van der Waals surface area contributed by atoms with Gasteiger partial charge in [0.2, 0.25) is 0 Å². The first-order chi connectivity index (χ1) is 11.2. The lowest BCUT2D eigenvalue weighted by atomic mass is 10.1. The van der Waals surface area contributed by atoms with Crippen molar-refractivity contribution < 1.29 is 18.3 Å². The summed E-state index contributed by atoms with van der Waals surface area (Å²) in [6.07, 6.45) is 1.37. The van der Waals surface area contributed by atoms with E-state index in [-0.39, 0.29) is 28.7 Å². The Hall–Kier alpha value is -1.21. The van der Waals surface area contributed by atoms with Crippen molar-refractivity contribution in [2.75, 3.05) is 13.1 Å². The standard InChI is InChI=1S/C17H23BrF2N2O2/c1-17(2,3)24-16(23)22-8-4-5-11(10-22)21-9-12-13(19)6-7-14(20)15(12)18/h6-7,11,21H,4-5,8-10H2,1-3H3/t11-/m1/s1. The minimum absolute atomic E-state index is 0.0147. The molecule has 0 aliphatic carbocycles. The van der Waals surface area contributed by atoms with E-state index in [1.807, 2.05) is 20.8 Å². The average molecular weight is 405 g/mol. The highest BCUT2D eigenvalue weighted by molar-refractivity contribution is 9.10. The van der Waals surface area contributed by atoms with E-state index in [1.54, 1.807) is 4.90 Å². The fourth-order valence-corrected chi connectivity index (χ4v) is 3.08. The van der Waals surface area contributed by atoms with Crippen LogP contribution >= 0.6 is 15.9 Å². The first-order valence-corrected chi connectivity index (χ1v) is 8.80. The second-order valence-electron chi connectivity index (χ2n) is 6.97. The van der Waals surface area contributed by atoms with Crippen molar-refractivity contribution in [1.29, 1.82) is 0 Å². The third kappa shape index (κ3) is 5.14. The van der Waals surface area contributed by atoms with Crippen LogP contribution in [0.3, 0.4) is 0 Å². The maximum absolute atomic E-state index is 13.9. The Kier molecular flexibility index (Phi) is 6.20. The molecule has 1 N–H and O–H groups in total. The van der Waals surface area contributed by atoms with Crippen LogP contribution in [0.4, 0.5) is 13.6 Å². The summed E-state index contributed by atoms with van der Waals surface area (Å²) in [5, 5.41) is 3.21. The summed E-state index contributed by atoms with van der Waals surface area (Å²) < 4.78 is 32.9. The molecular weight excluding hydrogens is 382 g/mol. The molecule has 1 aliphatic rings. The van der Waals surface area contributed by atoms with E-state index in [9.17, 15) is 13.6 Å². The summed E-state index contributed by atoms with van der Waals surface area (Å²) in [6, 6.07) is 2.22. The first-order valence-electron chi connectivity index (χ1n) is 8.01. The fraction of sp³-hybridized carbons (Fsp3) is 0.588. The number of amides is 1. The van der Waals surface area contributed by atoms with E-state index >= 15 is 0 Å². The van der Waals surface area contributed by atoms with Crippen LogP contribution < -0.4 is 5.32 Å². The molecule has 24 heavy (non-hydrogen) atoms. The van der Waals surface area contributed by atoms with Crippen LogP contribution in [0.25, 0.3) is 0 Å². The van der Waals surface area contributed by atoms with Gasteiger partial charge in [0, 0.05) is 31.2 Å². The van der Waals surface area contributed by atoms with Gasteiger partial charge in [0.25, 0.3) is 0 Å². The van der Waals surface area contributed by atoms with Gasteiger partial charge in [0.05, 0.1) is 4.47 Å². The number of nitrogens with one attached hydrogen (secondary N) is 1. The fourth-order valence-electron chi connectivity index (χ4n) is 2.61. The van der Waals surface area contributed by atoms with Crippen LogP contribution in [0.2, 0.25) is 0 Å². The molecule has 1 saturated heterocycles. The number of ether oxygens (including phenoxy) is 1. The molecule has 1 fully saturated rings. The molecule has 0 aromatic heterocycles. The van der Waals surface area contributed by atoms with Crippen molar-refractivity contribution in [1.82, 2.24) is 10.2 Å². The summed E-state index contributed by atoms with van der Waals surface area (Å²) >= 11 is 3.08. The Labute approximate surface area is 149 Å². The van der Waals surface area contributed by atoms with Gasteiger partial charge in [-0.2, -0.15) is 0 Å². The van der Waals surface area contributed by atoms with Crippen molar-refractivity contribution in [3.8, 4) is 0 Å². The Morgan fingerprint density at radius 3 is 2.71 bits per heavy atom. The predicted octanol–water partition coefficient (Wildman–Crippen LogP) is 4.22. The van der Waals surface area contributed by atoms with Gasteiger partial charge in [0.1, 0.15) is 17.2 Å². The minimum Gasteiger partial charge on any atom is -0.444 e. The van der Waals surface area contributed by atoms with Gasteiger partial charge in [-0.3, -0.25) is 0 Å². The highest BCUT2D eigenvalue weighted by Gasteiger charge is 2.27. The quantitative estimate of drug-likeness (QED) is 0.766. The van der Waals surface area contributed by atoms with Crippen molar-refractivity contribution in [3.63, 3.8) is 0 Å². The highest BCUT2D eigenvalue weighted by atomic mass is 79.9. The Balaban J connectivity index is 1.94. The van der Waals surface area contributed by atoms with E-state index < -0.39 is 17.2 Å². The van der Waals surface area contributed by atoms with E-state index in [0.717, 1.165) is 25.0 Å². The molecule has 1 amide bonds. The van der Waals surface area contributed by atoms with Gasteiger partial charge in [-0.15, -0.1) is 0 Å². The number of rotatable bonds is 3. The molecule has 2 rings (SSSR count). The van der Waals surface area contributed by atoms with Crippen LogP contribution in [-0.2, 0) is 11.3 Å². The van der Waals surface area contributed by atoms with Gasteiger partial charge >= 0.3 is 6.09 Å². The summed E-state index contributed by atoms with van der Waals surface area (Å²) in [5.41, 5.74) is -0.281. The molecule has 1 heterocycles. The zero-order valence-electron chi connectivity index (χ0n) is 14.2. The van der Waals surface area contributed by atoms with Crippen molar-refractivity contribution in [2.24, 2.45) is 0 Å². The summed E-state index contributed by atoms with van der Waals surface area (Å²) in [6.45, 7) is 6.81. The van der Waals surface area contributed by atoms with Gasteiger partial charge in [-0.05, 0) is 61.7 Å². The summed E-state index contributed by atoms with van der Waals surface area (Å²) in [4.78, 5) is 13.8. The number of halogens is 3. The topological polar surface area (TPSA) is 41.6 Å². The van der Waals surface area contributed by atoms with Crippen LogP contribution in [0.15, 0.2) is 16.6 Å². The lowest BCUT2D eigenvalue weighted by Crippen LogP contribution is -2.49. The number of likely N-dealkylation sites (tertiary alicyclic amines) is 1. The second-order valence-corrected chi connectivity index (χ2v) is 7.76. The summed E-state index contributed by atoms with van der Waals surface area (Å²) in [7, 11) is 0. The van der Waals surface area contributed by atoms with E-state index in [4.69, 9.17) is 4.74 Å². The number of carbonyl (C=O) groups excluding carboxylic acids is 1. The molecule has 0 radical (unpaired) electrons. The molecule has 1 aromatic carbocycles. The first kappa shape index (κ1) is 19.1. The molecule has 0 saturated carbocycles. The van der Waals surface area contributed by atoms with Gasteiger partial charge < -0.3 is 15.0 Å². The number of carbonyl (C=O) groups is 1. The molecule has 0 unspecified atom stereocenters. The number of nitrogens with zero attached hydrogens (tertiary/aromatic N) is 1. The molecule has 0 bridgehead atoms. The van der Waals surface area contributed by atoms with Crippen LogP contribution in [0.1, 0.15) is 39.2 Å². The monoisotopic (exact) mass is 404 g/mol. The van der Waals surface area contributed by atoms with Crippen molar-refractivity contribution >= 4 is 22.0 Å². The Bertz CT molecular complexity index is 605. The van der Waals surface area contributed by atoms with Gasteiger partial charge in [-0.1, -0.05) is 0 Å². The van der Waals surface area contributed by atoms with Gasteiger partial charge in [-0.25, -0.2) is 13.6 Å². The largest absolute Gasteiger partial charge is 0.444 e. The third-order valence-electron chi connectivity index (χ3n) is 3.78. The molecule has 1 atom stereocenters. The Morgan fingerprint density at radius 2 is 2.04 bits per heavy atom. The van der Waals surface area contributed by atoms with Crippen LogP contribution in [0.5, 0.6) is 0 Å². The molecule has 4 nitrogen and oxygen atoms in total. The van der Waals surface area contributed by atoms with Crippen molar-refractivity contribution in [3.05, 3.63) is 33.8 Å². The van der Waals surface area contributed by atoms with Crippen LogP contribution in [-0.4, -0.2) is 35.7 Å². The molecule has 1 aromatic rings. The smallest absolute Gasteiger partial charge is 0.410 e. The number of hydrogen-bond acceptors (Lipinski definition) is 3. The zero-order chi connectivity index (χ0) is 17.9.